The molecule has 0 amide bonds. The maximum Gasteiger partial charge on any atom is 0.210 e. The summed E-state index contributed by atoms with van der Waals surface area (Å²) in [7, 11) is -2.91. The summed E-state index contributed by atoms with van der Waals surface area (Å²) in [6, 6.07) is 13.6. The Morgan fingerprint density at radius 1 is 0.714 bits per heavy atom. The molecule has 310 valence electrons. The van der Waals surface area contributed by atoms with Gasteiger partial charge in [0.2, 0.25) is 9.84 Å². The van der Waals surface area contributed by atoms with E-state index in [4.69, 9.17) is 4.74 Å². The van der Waals surface area contributed by atoms with Gasteiger partial charge >= 0.3 is 0 Å². The van der Waals surface area contributed by atoms with Crippen LogP contribution in [0.25, 0.3) is 10.9 Å². The first-order valence-electron chi connectivity index (χ1n) is 21.9. The van der Waals surface area contributed by atoms with E-state index in [9.17, 15) is 12.6 Å². The minimum absolute atomic E-state index is 0.209. The van der Waals surface area contributed by atoms with Crippen molar-refractivity contribution in [1.29, 1.82) is 0 Å². The maximum absolute atomic E-state index is 14.5. The Bertz CT molecular complexity index is 1780. The summed E-state index contributed by atoms with van der Waals surface area (Å²) in [5.74, 6) is 0.689. The topological polar surface area (TPSA) is 86.3 Å². The van der Waals surface area contributed by atoms with Crippen molar-refractivity contribution >= 4 is 37.2 Å². The lowest BCUT2D eigenvalue weighted by atomic mass is 9.96. The minimum Gasteiger partial charge on any atom is -0.494 e. The molecule has 9 nitrogen and oxygen atoms in total. The monoisotopic (exact) mass is 807 g/mol. The fourth-order valence-corrected chi connectivity index (χ4v) is 11.1. The molecule has 0 radical (unpaired) electrons. The number of hydrogen-bond acceptors (Lipinski definition) is 9. The molecule has 0 spiro atoms. The van der Waals surface area contributed by atoms with Crippen molar-refractivity contribution in [3.8, 4) is 5.75 Å². The number of piperazine rings is 1. The molecule has 3 saturated heterocycles. The van der Waals surface area contributed by atoms with E-state index in [0.29, 0.717) is 40.5 Å². The average molecular weight is 808 g/mol. The number of benzene rings is 2. The number of fused-ring (bicyclic) bond motifs is 1. The van der Waals surface area contributed by atoms with Crippen LogP contribution in [0.5, 0.6) is 5.75 Å². The molecule has 1 atom stereocenters. The molecule has 3 aromatic rings. The number of sulfone groups is 1. The molecule has 1 aromatic heterocycles. The molecular weight excluding hydrogens is 739 g/mol. The second-order valence-electron chi connectivity index (χ2n) is 16.6. The fraction of sp³-hybridized carbons (Fsp3) is 0.667. The van der Waals surface area contributed by atoms with Gasteiger partial charge in [-0.3, -0.25) is 14.1 Å². The zero-order valence-corrected chi connectivity index (χ0v) is 36.3. The zero-order valence-electron chi connectivity index (χ0n) is 34.6. The van der Waals surface area contributed by atoms with E-state index < -0.39 is 20.6 Å². The van der Waals surface area contributed by atoms with Gasteiger partial charge in [-0.2, -0.15) is 0 Å². The van der Waals surface area contributed by atoms with Crippen LogP contribution in [-0.4, -0.2) is 117 Å². The molecule has 4 heterocycles. The van der Waals surface area contributed by atoms with Crippen molar-refractivity contribution in [3.63, 3.8) is 0 Å². The number of aromatic nitrogens is 1. The Morgan fingerprint density at radius 2 is 1.27 bits per heavy atom. The van der Waals surface area contributed by atoms with E-state index in [1.54, 1.807) is 30.5 Å². The lowest BCUT2D eigenvalue weighted by molar-refractivity contribution is 0.0495. The number of pyridine rings is 1. The van der Waals surface area contributed by atoms with Gasteiger partial charge in [0.1, 0.15) is 10.6 Å². The van der Waals surface area contributed by atoms with Gasteiger partial charge in [-0.25, -0.2) is 8.42 Å². The quantitative estimate of drug-likeness (QED) is 0.104. The van der Waals surface area contributed by atoms with Crippen LogP contribution in [0.15, 0.2) is 63.3 Å². The van der Waals surface area contributed by atoms with Crippen molar-refractivity contribution in [1.82, 2.24) is 19.7 Å². The molecule has 3 aliphatic rings. The Labute approximate surface area is 340 Å². The lowest BCUT2D eigenvalue weighted by Crippen LogP contribution is -2.54. The number of likely N-dealkylation sites (tertiary alicyclic amines) is 1. The third-order valence-electron chi connectivity index (χ3n) is 12.6. The van der Waals surface area contributed by atoms with E-state index in [0.717, 1.165) is 70.3 Å². The van der Waals surface area contributed by atoms with Gasteiger partial charge in [0.25, 0.3) is 0 Å². The Kier molecular flexibility index (Phi) is 16.5. The van der Waals surface area contributed by atoms with Gasteiger partial charge in [-0.15, -0.1) is 0 Å². The zero-order chi connectivity index (χ0) is 39.3. The highest BCUT2D eigenvalue weighted by Crippen LogP contribution is 2.39. The molecular formula is C45H69N5O4S2. The average Bonchev–Trinajstić information content (AvgIpc) is 3.22. The highest BCUT2D eigenvalue weighted by Gasteiger charge is 2.34. The third kappa shape index (κ3) is 11.5. The number of hydrogen-bond donors (Lipinski definition) is 0. The molecule has 3 aliphatic heterocycles. The summed E-state index contributed by atoms with van der Waals surface area (Å²) >= 11 is 0. The lowest BCUT2D eigenvalue weighted by Gasteiger charge is -2.46. The van der Waals surface area contributed by atoms with E-state index >= 15 is 0 Å². The third-order valence-corrected chi connectivity index (χ3v) is 15.3. The van der Waals surface area contributed by atoms with Crippen LogP contribution in [-0.2, 0) is 20.6 Å². The van der Waals surface area contributed by atoms with E-state index in [1.165, 1.54) is 96.3 Å². The number of nitrogens with zero attached hydrogens (tertiary/aromatic N) is 5. The number of unbranched alkanes of at least 4 members (excludes halogenated alkanes) is 11. The van der Waals surface area contributed by atoms with Gasteiger partial charge in [-0.05, 0) is 94.7 Å². The van der Waals surface area contributed by atoms with Gasteiger partial charge in [0.15, 0.2) is 0 Å². The molecule has 11 heteroatoms. The highest BCUT2D eigenvalue weighted by molar-refractivity contribution is 7.91. The number of anilines is 1. The van der Waals surface area contributed by atoms with Crippen LogP contribution < -0.4 is 9.64 Å². The van der Waals surface area contributed by atoms with Crippen LogP contribution in [0.3, 0.4) is 0 Å². The Morgan fingerprint density at radius 3 is 1.86 bits per heavy atom. The molecule has 6 rings (SSSR count). The predicted molar refractivity (Wildman–Crippen MR) is 231 cm³/mol. The fourth-order valence-electron chi connectivity index (χ4n) is 9.07. The van der Waals surface area contributed by atoms with Gasteiger partial charge in [0.05, 0.1) is 22.7 Å². The largest absolute Gasteiger partial charge is 0.494 e. The Hall–Kier alpha value is -2.57. The second kappa shape index (κ2) is 21.4. The number of ether oxygens (including phenoxy) is 1. The molecule has 0 bridgehead atoms. The first-order chi connectivity index (χ1) is 27.2. The van der Waals surface area contributed by atoms with Crippen molar-refractivity contribution in [2.75, 3.05) is 77.2 Å². The minimum atomic E-state index is -3.92. The summed E-state index contributed by atoms with van der Waals surface area (Å²) in [4.78, 5) is 15.8. The van der Waals surface area contributed by atoms with E-state index in [2.05, 4.69) is 38.6 Å². The van der Waals surface area contributed by atoms with Crippen molar-refractivity contribution in [3.05, 3.63) is 48.7 Å². The SMILES string of the molecule is CCCCCCCCCCCCCCOc1ccc(S(=O)(=O)c2cnc3ccc(S(C)=O)cc3c2N2CCC(N3CCC(N4CCN(C)CC4)CC3)CC2)cc1. The van der Waals surface area contributed by atoms with E-state index in [1.807, 2.05) is 18.2 Å². The Balaban J connectivity index is 1.05. The molecule has 3 fully saturated rings. The first-order valence-corrected chi connectivity index (χ1v) is 24.9. The van der Waals surface area contributed by atoms with Gasteiger partial charge in [0, 0.05) is 84.9 Å². The second-order valence-corrected chi connectivity index (χ2v) is 19.9. The summed E-state index contributed by atoms with van der Waals surface area (Å²) in [5.41, 5.74) is 1.39. The summed E-state index contributed by atoms with van der Waals surface area (Å²) in [6.45, 7) is 11.4. The summed E-state index contributed by atoms with van der Waals surface area (Å²) in [5, 5.41) is 0.743. The van der Waals surface area contributed by atoms with Crippen LogP contribution in [0.2, 0.25) is 0 Å². The number of rotatable bonds is 20. The predicted octanol–water partition coefficient (Wildman–Crippen LogP) is 8.57. The standard InChI is InChI=1S/C45H69N5O4S2/c1-4-5-6-7-8-9-10-11-12-13-14-15-34-54-39-16-19-41(20-17-39)56(52,53)44-36-46-43-21-18-40(55(3)51)35-42(43)45(44)50-28-24-37(25-29-50)48-26-22-38(23-27-48)49-32-30-47(2)31-33-49/h16-21,35-38H,4-15,22-34H2,1-3H3. The van der Waals surface area contributed by atoms with Crippen LogP contribution >= 0.6 is 0 Å². The maximum atomic E-state index is 14.5. The van der Waals surface area contributed by atoms with Crippen LogP contribution in [0, 0.1) is 0 Å². The van der Waals surface area contributed by atoms with E-state index in [-0.39, 0.29) is 9.79 Å². The van der Waals surface area contributed by atoms with Crippen molar-refractivity contribution in [2.24, 2.45) is 0 Å². The van der Waals surface area contributed by atoms with Crippen LogP contribution in [0.1, 0.15) is 110 Å². The van der Waals surface area contributed by atoms with Gasteiger partial charge in [-0.1, -0.05) is 77.6 Å². The van der Waals surface area contributed by atoms with Gasteiger partial charge < -0.3 is 19.4 Å². The number of piperidine rings is 2. The summed E-state index contributed by atoms with van der Waals surface area (Å²) < 4.78 is 47.6. The smallest absolute Gasteiger partial charge is 0.210 e. The molecule has 1 unspecified atom stereocenters. The molecule has 0 aliphatic carbocycles. The number of likely N-dealkylation sites (N-methyl/N-ethyl adjacent to an activating group) is 1. The normalized spacial score (nSPS) is 19.2. The molecule has 2 aromatic carbocycles. The molecule has 56 heavy (non-hydrogen) atoms. The first kappa shape index (κ1) is 43.0. The molecule has 0 N–H and O–H groups in total. The summed E-state index contributed by atoms with van der Waals surface area (Å²) in [6.07, 6.45) is 23.2. The van der Waals surface area contributed by atoms with Crippen molar-refractivity contribution < 1.29 is 17.4 Å². The highest BCUT2D eigenvalue weighted by atomic mass is 32.2. The van der Waals surface area contributed by atoms with Crippen LogP contribution in [0.4, 0.5) is 5.69 Å². The van der Waals surface area contributed by atoms with Crippen molar-refractivity contribution in [2.45, 2.75) is 136 Å². The molecule has 0 saturated carbocycles.